The largest absolute Gasteiger partial charge is 0.508 e. The first-order chi connectivity index (χ1) is 8.61. The van der Waals surface area contributed by atoms with Crippen LogP contribution in [0.25, 0.3) is 0 Å². The molecule has 2 aromatic carbocycles. The van der Waals surface area contributed by atoms with Crippen molar-refractivity contribution >= 4 is 29.5 Å². The van der Waals surface area contributed by atoms with E-state index >= 15 is 0 Å². The van der Waals surface area contributed by atoms with Crippen molar-refractivity contribution in [2.45, 2.75) is 5.92 Å². The van der Waals surface area contributed by atoms with Crippen LogP contribution < -0.4 is 0 Å². The van der Waals surface area contributed by atoms with Crippen molar-refractivity contribution < 1.29 is 9.90 Å². The number of aldehydes is 1. The molecule has 0 aliphatic rings. The van der Waals surface area contributed by atoms with Gasteiger partial charge in [0.25, 0.3) is 0 Å². The van der Waals surface area contributed by atoms with E-state index in [1.807, 2.05) is 0 Å². The summed E-state index contributed by atoms with van der Waals surface area (Å²) in [7, 11) is 0. The lowest BCUT2D eigenvalue weighted by atomic mass is 9.93. The molecule has 0 amide bonds. The van der Waals surface area contributed by atoms with Gasteiger partial charge in [0.1, 0.15) is 12.0 Å². The van der Waals surface area contributed by atoms with Gasteiger partial charge in [-0.3, -0.25) is 0 Å². The minimum Gasteiger partial charge on any atom is -0.508 e. The van der Waals surface area contributed by atoms with Crippen LogP contribution in [0.15, 0.2) is 42.5 Å². The van der Waals surface area contributed by atoms with Gasteiger partial charge in [0.2, 0.25) is 0 Å². The molecule has 0 aromatic heterocycles. The third-order valence-electron chi connectivity index (χ3n) is 2.69. The number of halogens is 2. The molecule has 0 spiro atoms. The average Bonchev–Trinajstić information content (AvgIpc) is 2.37. The molecule has 1 unspecified atom stereocenters. The second kappa shape index (κ2) is 5.42. The number of benzene rings is 2. The van der Waals surface area contributed by atoms with Gasteiger partial charge in [0, 0.05) is 0 Å². The summed E-state index contributed by atoms with van der Waals surface area (Å²) in [4.78, 5) is 11.2. The van der Waals surface area contributed by atoms with Gasteiger partial charge in [0.05, 0.1) is 16.0 Å². The van der Waals surface area contributed by atoms with E-state index in [1.165, 1.54) is 0 Å². The predicted molar refractivity (Wildman–Crippen MR) is 72.5 cm³/mol. The minimum atomic E-state index is -0.416. The Morgan fingerprint density at radius 3 is 2.11 bits per heavy atom. The summed E-state index contributed by atoms with van der Waals surface area (Å²) in [5.41, 5.74) is 1.56. The first kappa shape index (κ1) is 12.9. The zero-order valence-electron chi connectivity index (χ0n) is 9.31. The van der Waals surface area contributed by atoms with Crippen LogP contribution in [0.4, 0.5) is 0 Å². The highest BCUT2D eigenvalue weighted by Crippen LogP contribution is 2.29. The molecule has 92 valence electrons. The maximum absolute atomic E-state index is 11.2. The van der Waals surface area contributed by atoms with Crippen LogP contribution >= 0.6 is 23.2 Å². The lowest BCUT2D eigenvalue weighted by Crippen LogP contribution is -2.02. The van der Waals surface area contributed by atoms with Crippen LogP contribution in [0, 0.1) is 0 Å². The van der Waals surface area contributed by atoms with E-state index in [0.29, 0.717) is 10.0 Å². The van der Waals surface area contributed by atoms with Gasteiger partial charge >= 0.3 is 0 Å². The fourth-order valence-corrected chi connectivity index (χ4v) is 2.04. The van der Waals surface area contributed by atoms with E-state index in [4.69, 9.17) is 23.2 Å². The van der Waals surface area contributed by atoms with E-state index in [1.54, 1.807) is 42.5 Å². The molecule has 0 fully saturated rings. The van der Waals surface area contributed by atoms with Gasteiger partial charge in [-0.25, -0.2) is 0 Å². The molecule has 0 radical (unpaired) electrons. The van der Waals surface area contributed by atoms with Crippen molar-refractivity contribution in [2.75, 3.05) is 0 Å². The molecule has 0 aliphatic heterocycles. The number of hydrogen-bond donors (Lipinski definition) is 1. The van der Waals surface area contributed by atoms with Crippen molar-refractivity contribution in [1.82, 2.24) is 0 Å². The Morgan fingerprint density at radius 2 is 1.56 bits per heavy atom. The van der Waals surface area contributed by atoms with Crippen molar-refractivity contribution in [1.29, 1.82) is 0 Å². The molecule has 1 N–H and O–H groups in total. The van der Waals surface area contributed by atoms with Crippen LogP contribution in [0.5, 0.6) is 5.75 Å². The Kier molecular flexibility index (Phi) is 3.90. The SMILES string of the molecule is O=CC(c1ccc(O)cc1)c1ccc(Cl)c(Cl)c1. The van der Waals surface area contributed by atoms with Crippen LogP contribution in [0.2, 0.25) is 10.0 Å². The normalized spacial score (nSPS) is 12.1. The molecule has 1 atom stereocenters. The maximum atomic E-state index is 11.2. The lowest BCUT2D eigenvalue weighted by Gasteiger charge is -2.12. The topological polar surface area (TPSA) is 37.3 Å². The fraction of sp³-hybridized carbons (Fsp3) is 0.0714. The number of phenolic OH excluding ortho intramolecular Hbond substituents is 1. The van der Waals surface area contributed by atoms with Crippen molar-refractivity contribution in [3.63, 3.8) is 0 Å². The van der Waals surface area contributed by atoms with Crippen molar-refractivity contribution in [2.24, 2.45) is 0 Å². The van der Waals surface area contributed by atoms with E-state index in [0.717, 1.165) is 17.4 Å². The van der Waals surface area contributed by atoms with Crippen LogP contribution in [-0.2, 0) is 4.79 Å². The Balaban J connectivity index is 2.41. The monoisotopic (exact) mass is 280 g/mol. The standard InChI is InChI=1S/C14H10Cl2O2/c15-13-6-3-10(7-14(13)16)12(8-17)9-1-4-11(18)5-2-9/h1-8,12,18H. The summed E-state index contributed by atoms with van der Waals surface area (Å²) in [5, 5.41) is 10.1. The summed E-state index contributed by atoms with van der Waals surface area (Å²) in [6.07, 6.45) is 0.839. The van der Waals surface area contributed by atoms with Gasteiger partial charge in [-0.1, -0.05) is 41.4 Å². The van der Waals surface area contributed by atoms with Gasteiger partial charge in [0.15, 0.2) is 0 Å². The summed E-state index contributed by atoms with van der Waals surface area (Å²) in [6.45, 7) is 0. The first-order valence-corrected chi connectivity index (χ1v) is 6.06. The van der Waals surface area contributed by atoms with Crippen LogP contribution in [-0.4, -0.2) is 11.4 Å². The van der Waals surface area contributed by atoms with Crippen molar-refractivity contribution in [3.05, 3.63) is 63.6 Å². The summed E-state index contributed by atoms with van der Waals surface area (Å²) < 4.78 is 0. The molecule has 18 heavy (non-hydrogen) atoms. The number of carbonyl (C=O) groups is 1. The Labute approximate surface area is 115 Å². The Bertz CT molecular complexity index is 565. The molecule has 4 heteroatoms. The summed E-state index contributed by atoms with van der Waals surface area (Å²) in [6, 6.07) is 11.6. The predicted octanol–water partition coefficient (Wildman–Crippen LogP) is 4.03. The van der Waals surface area contributed by atoms with Crippen LogP contribution in [0.3, 0.4) is 0 Å². The van der Waals surface area contributed by atoms with Gasteiger partial charge in [-0.2, -0.15) is 0 Å². The maximum Gasteiger partial charge on any atom is 0.131 e. The quantitative estimate of drug-likeness (QED) is 0.862. The molecular formula is C14H10Cl2O2. The number of carbonyl (C=O) groups excluding carboxylic acids is 1. The number of phenols is 1. The number of aromatic hydroxyl groups is 1. The first-order valence-electron chi connectivity index (χ1n) is 5.31. The zero-order valence-corrected chi connectivity index (χ0v) is 10.8. The lowest BCUT2D eigenvalue weighted by molar-refractivity contribution is -0.108. The molecule has 2 aromatic rings. The Morgan fingerprint density at radius 1 is 0.944 bits per heavy atom. The highest BCUT2D eigenvalue weighted by molar-refractivity contribution is 6.42. The molecular weight excluding hydrogens is 271 g/mol. The summed E-state index contributed by atoms with van der Waals surface area (Å²) >= 11 is 11.8. The summed E-state index contributed by atoms with van der Waals surface area (Å²) in [5.74, 6) is -0.252. The minimum absolute atomic E-state index is 0.164. The van der Waals surface area contributed by atoms with Gasteiger partial charge in [-0.15, -0.1) is 0 Å². The van der Waals surface area contributed by atoms with Crippen molar-refractivity contribution in [3.8, 4) is 5.75 Å². The molecule has 2 rings (SSSR count). The highest BCUT2D eigenvalue weighted by atomic mass is 35.5. The molecule has 0 heterocycles. The number of hydrogen-bond acceptors (Lipinski definition) is 2. The third kappa shape index (κ3) is 2.66. The zero-order chi connectivity index (χ0) is 13.1. The fourth-order valence-electron chi connectivity index (χ4n) is 1.74. The molecule has 0 saturated carbocycles. The van der Waals surface area contributed by atoms with E-state index in [2.05, 4.69) is 0 Å². The second-order valence-corrected chi connectivity index (χ2v) is 4.69. The smallest absolute Gasteiger partial charge is 0.131 e. The number of rotatable bonds is 3. The highest BCUT2D eigenvalue weighted by Gasteiger charge is 2.14. The van der Waals surface area contributed by atoms with E-state index < -0.39 is 5.92 Å². The third-order valence-corrected chi connectivity index (χ3v) is 3.43. The van der Waals surface area contributed by atoms with Crippen LogP contribution in [0.1, 0.15) is 17.0 Å². The van der Waals surface area contributed by atoms with Gasteiger partial charge < -0.3 is 9.90 Å². The molecule has 0 bridgehead atoms. The van der Waals surface area contributed by atoms with E-state index in [9.17, 15) is 9.90 Å². The molecule has 0 saturated heterocycles. The van der Waals surface area contributed by atoms with E-state index in [-0.39, 0.29) is 5.75 Å². The Hall–Kier alpha value is -1.51. The second-order valence-electron chi connectivity index (χ2n) is 3.88. The average molecular weight is 281 g/mol. The van der Waals surface area contributed by atoms with Gasteiger partial charge in [-0.05, 0) is 35.4 Å². The molecule has 2 nitrogen and oxygen atoms in total. The molecule has 0 aliphatic carbocycles.